The maximum absolute atomic E-state index is 7.45. The standard InChI is InChI=1S/C10H11Cl2NO/c1-2-14-10(13)6-7-3-4-8(11)9(12)5-7/h3-5,13H,2,6H2,1H3. The summed E-state index contributed by atoms with van der Waals surface area (Å²) in [6, 6.07) is 5.30. The van der Waals surface area contributed by atoms with Gasteiger partial charge in [0.05, 0.1) is 16.7 Å². The van der Waals surface area contributed by atoms with Gasteiger partial charge in [0, 0.05) is 6.42 Å². The zero-order valence-corrected chi connectivity index (χ0v) is 9.32. The van der Waals surface area contributed by atoms with Gasteiger partial charge in [-0.3, -0.25) is 5.41 Å². The highest BCUT2D eigenvalue weighted by atomic mass is 35.5. The highest BCUT2D eigenvalue weighted by molar-refractivity contribution is 6.42. The van der Waals surface area contributed by atoms with Gasteiger partial charge >= 0.3 is 0 Å². The van der Waals surface area contributed by atoms with E-state index in [0.29, 0.717) is 23.1 Å². The van der Waals surface area contributed by atoms with E-state index >= 15 is 0 Å². The van der Waals surface area contributed by atoms with Crippen LogP contribution in [0.15, 0.2) is 18.2 Å². The third-order valence-corrected chi connectivity index (χ3v) is 2.41. The molecule has 0 radical (unpaired) electrons. The van der Waals surface area contributed by atoms with E-state index in [2.05, 4.69) is 0 Å². The molecule has 0 spiro atoms. The molecule has 4 heteroatoms. The van der Waals surface area contributed by atoms with Gasteiger partial charge in [-0.2, -0.15) is 0 Å². The topological polar surface area (TPSA) is 33.1 Å². The van der Waals surface area contributed by atoms with Crippen LogP contribution in [-0.4, -0.2) is 12.5 Å². The average molecular weight is 232 g/mol. The Morgan fingerprint density at radius 2 is 2.07 bits per heavy atom. The van der Waals surface area contributed by atoms with Crippen molar-refractivity contribution in [3.8, 4) is 0 Å². The maximum Gasteiger partial charge on any atom is 0.184 e. The van der Waals surface area contributed by atoms with Crippen LogP contribution in [0.5, 0.6) is 0 Å². The quantitative estimate of drug-likeness (QED) is 0.627. The minimum atomic E-state index is 0.242. The van der Waals surface area contributed by atoms with Crippen molar-refractivity contribution >= 4 is 29.1 Å². The van der Waals surface area contributed by atoms with Gasteiger partial charge in [-0.1, -0.05) is 29.3 Å². The van der Waals surface area contributed by atoms with Crippen LogP contribution >= 0.6 is 23.2 Å². The summed E-state index contributed by atoms with van der Waals surface area (Å²) in [6.45, 7) is 2.36. The Balaban J connectivity index is 2.68. The summed E-state index contributed by atoms with van der Waals surface area (Å²) in [5.41, 5.74) is 0.929. The number of benzene rings is 1. The highest BCUT2D eigenvalue weighted by Gasteiger charge is 2.02. The number of rotatable bonds is 3. The van der Waals surface area contributed by atoms with Gasteiger partial charge in [0.25, 0.3) is 0 Å². The molecule has 0 aliphatic carbocycles. The van der Waals surface area contributed by atoms with Gasteiger partial charge in [-0.05, 0) is 24.6 Å². The summed E-state index contributed by atoms with van der Waals surface area (Å²) in [5, 5.41) is 8.49. The first kappa shape index (κ1) is 11.3. The van der Waals surface area contributed by atoms with Gasteiger partial charge < -0.3 is 4.74 Å². The first-order valence-electron chi connectivity index (χ1n) is 4.27. The van der Waals surface area contributed by atoms with E-state index in [1.165, 1.54) is 0 Å². The number of hydrogen-bond donors (Lipinski definition) is 1. The second-order valence-electron chi connectivity index (χ2n) is 2.78. The predicted molar refractivity (Wildman–Crippen MR) is 59.5 cm³/mol. The molecule has 76 valence electrons. The van der Waals surface area contributed by atoms with Crippen molar-refractivity contribution in [3.63, 3.8) is 0 Å². The first-order valence-corrected chi connectivity index (χ1v) is 5.03. The summed E-state index contributed by atoms with van der Waals surface area (Å²) in [6.07, 6.45) is 0.449. The van der Waals surface area contributed by atoms with Crippen LogP contribution in [-0.2, 0) is 11.2 Å². The zero-order valence-electron chi connectivity index (χ0n) is 7.81. The Hall–Kier alpha value is -0.730. The summed E-state index contributed by atoms with van der Waals surface area (Å²) >= 11 is 11.6. The van der Waals surface area contributed by atoms with Crippen molar-refractivity contribution in [2.75, 3.05) is 6.61 Å². The normalized spacial score (nSPS) is 9.93. The van der Waals surface area contributed by atoms with E-state index < -0.39 is 0 Å². The number of halogens is 2. The van der Waals surface area contributed by atoms with Gasteiger partial charge in [-0.15, -0.1) is 0 Å². The summed E-state index contributed by atoms with van der Waals surface area (Å²) in [5.74, 6) is 0.242. The average Bonchev–Trinajstić information content (AvgIpc) is 2.12. The number of ether oxygens (including phenoxy) is 1. The third-order valence-electron chi connectivity index (χ3n) is 1.67. The van der Waals surface area contributed by atoms with Crippen molar-refractivity contribution in [2.45, 2.75) is 13.3 Å². The van der Waals surface area contributed by atoms with E-state index in [0.717, 1.165) is 5.56 Å². The summed E-state index contributed by atoms with van der Waals surface area (Å²) < 4.78 is 5.02. The van der Waals surface area contributed by atoms with Gasteiger partial charge in [0.15, 0.2) is 5.90 Å². The molecule has 0 amide bonds. The molecule has 0 unspecified atom stereocenters. The molecular formula is C10H11Cl2NO. The van der Waals surface area contributed by atoms with Crippen LogP contribution in [0, 0.1) is 5.41 Å². The molecule has 0 saturated carbocycles. The maximum atomic E-state index is 7.45. The largest absolute Gasteiger partial charge is 0.481 e. The Kier molecular flexibility index (Phi) is 4.23. The molecule has 0 fully saturated rings. The van der Waals surface area contributed by atoms with Crippen LogP contribution in [0.2, 0.25) is 10.0 Å². The van der Waals surface area contributed by atoms with E-state index in [1.54, 1.807) is 12.1 Å². The molecule has 2 nitrogen and oxygen atoms in total. The lowest BCUT2D eigenvalue weighted by atomic mass is 10.1. The Morgan fingerprint density at radius 3 is 2.64 bits per heavy atom. The van der Waals surface area contributed by atoms with Crippen LogP contribution in [0.4, 0.5) is 0 Å². The van der Waals surface area contributed by atoms with Gasteiger partial charge in [0.2, 0.25) is 0 Å². The second kappa shape index (κ2) is 5.23. The molecule has 14 heavy (non-hydrogen) atoms. The molecule has 1 N–H and O–H groups in total. The first-order chi connectivity index (χ1) is 6.63. The number of nitrogens with one attached hydrogen (secondary N) is 1. The van der Waals surface area contributed by atoms with Crippen LogP contribution in [0.1, 0.15) is 12.5 Å². The molecule has 0 heterocycles. The van der Waals surface area contributed by atoms with Gasteiger partial charge in [-0.25, -0.2) is 0 Å². The lowest BCUT2D eigenvalue weighted by Gasteiger charge is -2.05. The predicted octanol–water partition coefficient (Wildman–Crippen LogP) is 3.55. The van der Waals surface area contributed by atoms with Crippen LogP contribution in [0.25, 0.3) is 0 Å². The van der Waals surface area contributed by atoms with E-state index in [-0.39, 0.29) is 5.90 Å². The van der Waals surface area contributed by atoms with Crippen molar-refractivity contribution in [3.05, 3.63) is 33.8 Å². The summed E-state index contributed by atoms with van der Waals surface area (Å²) in [4.78, 5) is 0. The minimum absolute atomic E-state index is 0.242. The van der Waals surface area contributed by atoms with Gasteiger partial charge in [0.1, 0.15) is 0 Å². The summed E-state index contributed by atoms with van der Waals surface area (Å²) in [7, 11) is 0. The van der Waals surface area contributed by atoms with E-state index in [9.17, 15) is 0 Å². The van der Waals surface area contributed by atoms with E-state index in [1.807, 2.05) is 13.0 Å². The second-order valence-corrected chi connectivity index (χ2v) is 3.60. The Labute approximate surface area is 93.3 Å². The highest BCUT2D eigenvalue weighted by Crippen LogP contribution is 2.22. The SMILES string of the molecule is CCOC(=N)Cc1ccc(Cl)c(Cl)c1. The molecular weight excluding hydrogens is 221 g/mol. The minimum Gasteiger partial charge on any atom is -0.481 e. The fourth-order valence-corrected chi connectivity index (χ4v) is 1.38. The lowest BCUT2D eigenvalue weighted by molar-refractivity contribution is 0.317. The third kappa shape index (κ3) is 3.20. The lowest BCUT2D eigenvalue weighted by Crippen LogP contribution is -2.06. The monoisotopic (exact) mass is 231 g/mol. The van der Waals surface area contributed by atoms with Crippen molar-refractivity contribution in [2.24, 2.45) is 0 Å². The molecule has 1 aromatic rings. The molecule has 1 aromatic carbocycles. The zero-order chi connectivity index (χ0) is 10.6. The fraction of sp³-hybridized carbons (Fsp3) is 0.300. The molecule has 1 rings (SSSR count). The molecule has 0 aliphatic heterocycles. The fourth-order valence-electron chi connectivity index (χ4n) is 1.06. The Morgan fingerprint density at radius 1 is 1.36 bits per heavy atom. The van der Waals surface area contributed by atoms with Crippen molar-refractivity contribution in [1.29, 1.82) is 5.41 Å². The smallest absolute Gasteiger partial charge is 0.184 e. The van der Waals surface area contributed by atoms with E-state index in [4.69, 9.17) is 33.3 Å². The van der Waals surface area contributed by atoms with Crippen LogP contribution < -0.4 is 0 Å². The molecule has 0 atom stereocenters. The van der Waals surface area contributed by atoms with Crippen LogP contribution in [0.3, 0.4) is 0 Å². The van der Waals surface area contributed by atoms with Crippen molar-refractivity contribution in [1.82, 2.24) is 0 Å². The molecule has 0 bridgehead atoms. The van der Waals surface area contributed by atoms with Crippen molar-refractivity contribution < 1.29 is 4.74 Å². The molecule has 0 aliphatic rings. The molecule has 0 saturated heterocycles. The molecule has 0 aromatic heterocycles. The number of hydrogen-bond acceptors (Lipinski definition) is 2. The Bertz CT molecular complexity index is 339.